The Labute approximate surface area is 279 Å². The molecule has 49 heavy (non-hydrogen) atoms. The molecule has 9 nitrogen and oxygen atoms in total. The number of amides is 2. The monoisotopic (exact) mass is 642 g/mol. The van der Waals surface area contributed by atoms with Crippen molar-refractivity contribution in [2.24, 2.45) is 0 Å². The number of rotatable bonds is 8. The van der Waals surface area contributed by atoms with Crippen molar-refractivity contribution < 1.29 is 23.2 Å². The lowest BCUT2D eigenvalue weighted by Crippen LogP contribution is -2.11. The van der Waals surface area contributed by atoms with E-state index in [1.54, 1.807) is 72.8 Å². The Kier molecular flexibility index (Phi) is 7.59. The number of fused-ring (bicyclic) bond motifs is 2. The fourth-order valence-corrected chi connectivity index (χ4v) is 5.27. The first-order chi connectivity index (χ1) is 24.0. The molecule has 0 aliphatic carbocycles. The molecule has 2 aromatic heterocycles. The zero-order valence-corrected chi connectivity index (χ0v) is 25.8. The van der Waals surface area contributed by atoms with Crippen LogP contribution in [0.4, 0.5) is 11.4 Å². The van der Waals surface area contributed by atoms with Gasteiger partial charge in [-0.05, 0) is 121 Å². The van der Waals surface area contributed by atoms with Crippen LogP contribution < -0.4 is 15.4 Å². The van der Waals surface area contributed by atoms with Crippen molar-refractivity contribution in [3.63, 3.8) is 0 Å². The van der Waals surface area contributed by atoms with Crippen molar-refractivity contribution >= 4 is 45.4 Å². The summed E-state index contributed by atoms with van der Waals surface area (Å²) in [6.45, 7) is 0. The zero-order chi connectivity index (χ0) is 33.2. The van der Waals surface area contributed by atoms with E-state index >= 15 is 0 Å². The van der Waals surface area contributed by atoms with Gasteiger partial charge in [-0.1, -0.05) is 24.3 Å². The standard InChI is InChI=1S/C40H26N4O5/c45-37(41-29-17-9-27(10-18-29)39-43-33-5-1-3-7-35(33)48-39)25-13-21-31(22-14-25)47-32-23-15-26(16-24-32)38(46)42-30-19-11-28(12-20-30)40-44-34-6-2-4-8-36(34)49-40/h1-24H,(H,41,45)(H,42,46). The van der Waals surface area contributed by atoms with Gasteiger partial charge in [0.25, 0.3) is 11.8 Å². The molecule has 236 valence electrons. The van der Waals surface area contributed by atoms with Crippen LogP contribution in [0.2, 0.25) is 0 Å². The summed E-state index contributed by atoms with van der Waals surface area (Å²) >= 11 is 0. The number of aromatic nitrogens is 2. The Balaban J connectivity index is 0.848. The number of carbonyl (C=O) groups is 2. The van der Waals surface area contributed by atoms with E-state index in [1.807, 2.05) is 72.8 Å². The third-order valence-electron chi connectivity index (χ3n) is 7.84. The first kappa shape index (κ1) is 29.4. The highest BCUT2D eigenvalue weighted by Crippen LogP contribution is 2.28. The molecule has 2 amide bonds. The highest BCUT2D eigenvalue weighted by molar-refractivity contribution is 6.05. The minimum atomic E-state index is -0.252. The number of hydrogen-bond donors (Lipinski definition) is 2. The van der Waals surface area contributed by atoms with Crippen LogP contribution in [0.15, 0.2) is 154 Å². The predicted molar refractivity (Wildman–Crippen MR) is 188 cm³/mol. The molecule has 8 rings (SSSR count). The van der Waals surface area contributed by atoms with Crippen LogP contribution in [-0.2, 0) is 0 Å². The van der Waals surface area contributed by atoms with Gasteiger partial charge in [0, 0.05) is 33.6 Å². The molecule has 2 N–H and O–H groups in total. The second-order valence-electron chi connectivity index (χ2n) is 11.2. The lowest BCUT2D eigenvalue weighted by molar-refractivity contribution is 0.101. The molecule has 0 aliphatic heterocycles. The summed E-state index contributed by atoms with van der Waals surface area (Å²) in [6.07, 6.45) is 0. The fourth-order valence-electron chi connectivity index (χ4n) is 5.27. The molecule has 0 unspecified atom stereocenters. The molecule has 0 fully saturated rings. The Bertz CT molecular complexity index is 2190. The number of ether oxygens (including phenoxy) is 1. The zero-order valence-electron chi connectivity index (χ0n) is 25.8. The van der Waals surface area contributed by atoms with Crippen LogP contribution in [0.25, 0.3) is 45.1 Å². The lowest BCUT2D eigenvalue weighted by Gasteiger charge is -2.09. The van der Waals surface area contributed by atoms with Gasteiger partial charge in [0.15, 0.2) is 11.2 Å². The molecule has 8 aromatic rings. The van der Waals surface area contributed by atoms with Crippen LogP contribution in [0.1, 0.15) is 20.7 Å². The van der Waals surface area contributed by atoms with E-state index in [-0.39, 0.29) is 11.8 Å². The fraction of sp³-hybridized carbons (Fsp3) is 0. The van der Waals surface area contributed by atoms with E-state index in [1.165, 1.54) is 0 Å². The first-order valence-corrected chi connectivity index (χ1v) is 15.5. The maximum atomic E-state index is 12.9. The molecule has 2 heterocycles. The van der Waals surface area contributed by atoms with Gasteiger partial charge in [-0.25, -0.2) is 9.97 Å². The van der Waals surface area contributed by atoms with Crippen molar-refractivity contribution in [1.82, 2.24) is 9.97 Å². The Hall–Kier alpha value is -7.00. The van der Waals surface area contributed by atoms with E-state index in [0.29, 0.717) is 45.8 Å². The van der Waals surface area contributed by atoms with Gasteiger partial charge >= 0.3 is 0 Å². The predicted octanol–water partition coefficient (Wildman–Crippen LogP) is 9.60. The summed E-state index contributed by atoms with van der Waals surface area (Å²) in [5, 5.41) is 5.81. The van der Waals surface area contributed by atoms with Crippen molar-refractivity contribution in [1.29, 1.82) is 0 Å². The summed E-state index contributed by atoms with van der Waals surface area (Å²) in [7, 11) is 0. The second kappa shape index (κ2) is 12.7. The third kappa shape index (κ3) is 6.36. The number of benzene rings is 6. The summed E-state index contributed by atoms with van der Waals surface area (Å²) in [5.41, 5.74) is 6.89. The maximum Gasteiger partial charge on any atom is 0.255 e. The largest absolute Gasteiger partial charge is 0.457 e. The molecular formula is C40H26N4O5. The van der Waals surface area contributed by atoms with Crippen LogP contribution in [0.3, 0.4) is 0 Å². The van der Waals surface area contributed by atoms with Gasteiger partial charge < -0.3 is 24.2 Å². The number of nitrogens with zero attached hydrogens (tertiary/aromatic N) is 2. The number of nitrogens with one attached hydrogen (secondary N) is 2. The van der Waals surface area contributed by atoms with Crippen molar-refractivity contribution in [2.75, 3.05) is 10.6 Å². The maximum absolute atomic E-state index is 12.9. The summed E-state index contributed by atoms with van der Waals surface area (Å²) < 4.78 is 17.6. The van der Waals surface area contributed by atoms with Crippen LogP contribution in [0, 0.1) is 0 Å². The van der Waals surface area contributed by atoms with Gasteiger partial charge in [-0.3, -0.25) is 9.59 Å². The summed E-state index contributed by atoms with van der Waals surface area (Å²) in [6, 6.07) is 43.4. The molecular weight excluding hydrogens is 616 g/mol. The highest BCUT2D eigenvalue weighted by atomic mass is 16.5. The average Bonchev–Trinajstić information content (AvgIpc) is 3.78. The minimum Gasteiger partial charge on any atom is -0.457 e. The van der Waals surface area contributed by atoms with Gasteiger partial charge in [-0.2, -0.15) is 0 Å². The summed E-state index contributed by atoms with van der Waals surface area (Å²) in [4.78, 5) is 34.8. The SMILES string of the molecule is O=C(Nc1ccc(-c2nc3ccccc3o2)cc1)c1ccc(Oc2ccc(C(=O)Nc3ccc(-c4nc5ccccc5o4)cc3)cc2)cc1. The molecule has 0 radical (unpaired) electrons. The van der Waals surface area contributed by atoms with E-state index < -0.39 is 0 Å². The third-order valence-corrected chi connectivity index (χ3v) is 7.84. The van der Waals surface area contributed by atoms with E-state index in [4.69, 9.17) is 13.6 Å². The number of oxazole rings is 2. The molecule has 0 saturated heterocycles. The molecule has 6 aromatic carbocycles. The highest BCUT2D eigenvalue weighted by Gasteiger charge is 2.12. The number of para-hydroxylation sites is 4. The topological polar surface area (TPSA) is 119 Å². The van der Waals surface area contributed by atoms with E-state index in [0.717, 1.165) is 33.3 Å². The molecule has 0 bridgehead atoms. The number of carbonyl (C=O) groups excluding carboxylic acids is 2. The molecule has 0 atom stereocenters. The Morgan fingerprint density at radius 2 is 0.857 bits per heavy atom. The first-order valence-electron chi connectivity index (χ1n) is 15.5. The molecule has 0 saturated carbocycles. The quantitative estimate of drug-likeness (QED) is 0.169. The smallest absolute Gasteiger partial charge is 0.255 e. The number of anilines is 2. The molecule has 9 heteroatoms. The van der Waals surface area contributed by atoms with Crippen LogP contribution in [0.5, 0.6) is 11.5 Å². The Morgan fingerprint density at radius 3 is 1.24 bits per heavy atom. The van der Waals surface area contributed by atoms with Gasteiger partial charge in [0.2, 0.25) is 11.8 Å². The van der Waals surface area contributed by atoms with Crippen LogP contribution >= 0.6 is 0 Å². The average molecular weight is 643 g/mol. The van der Waals surface area contributed by atoms with Gasteiger partial charge in [-0.15, -0.1) is 0 Å². The van der Waals surface area contributed by atoms with Crippen molar-refractivity contribution in [2.45, 2.75) is 0 Å². The number of hydrogen-bond acceptors (Lipinski definition) is 7. The van der Waals surface area contributed by atoms with Gasteiger partial charge in [0.05, 0.1) is 0 Å². The normalized spacial score (nSPS) is 11.0. The Morgan fingerprint density at radius 1 is 0.469 bits per heavy atom. The van der Waals surface area contributed by atoms with Gasteiger partial charge in [0.1, 0.15) is 22.5 Å². The van der Waals surface area contributed by atoms with Crippen LogP contribution in [-0.4, -0.2) is 21.8 Å². The second-order valence-corrected chi connectivity index (χ2v) is 11.2. The van der Waals surface area contributed by atoms with Crippen molar-refractivity contribution in [3.8, 4) is 34.4 Å². The van der Waals surface area contributed by atoms with E-state index in [2.05, 4.69) is 20.6 Å². The minimum absolute atomic E-state index is 0.252. The summed E-state index contributed by atoms with van der Waals surface area (Å²) in [5.74, 6) is 1.64. The molecule has 0 aliphatic rings. The lowest BCUT2D eigenvalue weighted by atomic mass is 10.1. The van der Waals surface area contributed by atoms with Crippen molar-refractivity contribution in [3.05, 3.63) is 157 Å². The van der Waals surface area contributed by atoms with E-state index in [9.17, 15) is 9.59 Å². The molecule has 0 spiro atoms.